The molecule has 2 amide bonds. The fourth-order valence-corrected chi connectivity index (χ4v) is 1.12. The Balaban J connectivity index is 0.000000293. The van der Waals surface area contributed by atoms with E-state index < -0.39 is 0 Å². The number of carbonyl (C=O) groups is 2. The smallest absolute Gasteiger partial charge is 0.258 e. The van der Waals surface area contributed by atoms with Crippen molar-refractivity contribution in [3.63, 3.8) is 0 Å². The van der Waals surface area contributed by atoms with Gasteiger partial charge in [0.1, 0.15) is 0 Å². The Hall–Kier alpha value is -1.68. The average molecular weight is 193 g/mol. The van der Waals surface area contributed by atoms with Crippen LogP contribution in [0.25, 0.3) is 0 Å². The third kappa shape index (κ3) is 1.97. The lowest BCUT2D eigenvalue weighted by molar-refractivity contribution is 0.0879. The Bertz CT molecular complexity index is 327. The summed E-state index contributed by atoms with van der Waals surface area (Å²) in [5.41, 5.74) is 0.940. The van der Waals surface area contributed by atoms with E-state index in [0.717, 1.165) is 0 Å². The van der Waals surface area contributed by atoms with Crippen LogP contribution in [0.5, 0.6) is 0 Å². The molecule has 4 heteroatoms. The highest BCUT2D eigenvalue weighted by Gasteiger charge is 2.25. The second-order valence-corrected chi connectivity index (χ2v) is 2.74. The second kappa shape index (κ2) is 4.53. The van der Waals surface area contributed by atoms with Crippen molar-refractivity contribution in [2.24, 2.45) is 0 Å². The number of hydrogen-bond donors (Lipinski definition) is 1. The number of hydrogen-bond acceptors (Lipinski definition) is 3. The van der Waals surface area contributed by atoms with E-state index in [1.165, 1.54) is 0 Å². The molecule has 1 N–H and O–H groups in total. The molecule has 1 aliphatic heterocycles. The summed E-state index contributed by atoms with van der Waals surface area (Å²) in [7, 11) is 3.25. The number of methoxy groups -OCH3 is 1. The predicted octanol–water partition coefficient (Wildman–Crippen LogP) is 0.833. The molecule has 0 radical (unpaired) electrons. The van der Waals surface area contributed by atoms with Gasteiger partial charge in [0.05, 0.1) is 11.1 Å². The monoisotopic (exact) mass is 193 g/mol. The highest BCUT2D eigenvalue weighted by Crippen LogP contribution is 2.13. The van der Waals surface area contributed by atoms with Crippen LogP contribution in [0.1, 0.15) is 20.7 Å². The first kappa shape index (κ1) is 10.4. The molecule has 0 unspecified atom stereocenters. The van der Waals surface area contributed by atoms with Gasteiger partial charge in [-0.2, -0.15) is 0 Å². The van der Waals surface area contributed by atoms with Gasteiger partial charge in [-0.3, -0.25) is 14.9 Å². The molecule has 1 aromatic rings. The van der Waals surface area contributed by atoms with Gasteiger partial charge < -0.3 is 4.74 Å². The Morgan fingerprint density at radius 2 is 1.36 bits per heavy atom. The Morgan fingerprint density at radius 1 is 1.00 bits per heavy atom. The van der Waals surface area contributed by atoms with E-state index in [1.807, 2.05) is 0 Å². The van der Waals surface area contributed by atoms with Gasteiger partial charge in [0.2, 0.25) is 0 Å². The zero-order valence-electron chi connectivity index (χ0n) is 8.03. The minimum absolute atomic E-state index is 0.300. The first-order valence-electron chi connectivity index (χ1n) is 4.05. The predicted molar refractivity (Wildman–Crippen MR) is 51.2 cm³/mol. The van der Waals surface area contributed by atoms with Crippen molar-refractivity contribution in [2.45, 2.75) is 0 Å². The minimum Gasteiger partial charge on any atom is -0.388 e. The number of ether oxygens (including phenoxy) is 1. The normalized spacial score (nSPS) is 12.7. The van der Waals surface area contributed by atoms with Crippen LogP contribution >= 0.6 is 0 Å². The highest BCUT2D eigenvalue weighted by atomic mass is 16.4. The minimum atomic E-state index is -0.300. The Morgan fingerprint density at radius 3 is 1.71 bits per heavy atom. The van der Waals surface area contributed by atoms with E-state index in [0.29, 0.717) is 11.1 Å². The topological polar surface area (TPSA) is 55.4 Å². The summed E-state index contributed by atoms with van der Waals surface area (Å²) < 4.78 is 4.25. The summed E-state index contributed by atoms with van der Waals surface area (Å²) in [6.45, 7) is 0. The summed E-state index contributed by atoms with van der Waals surface area (Å²) in [5.74, 6) is -0.601. The summed E-state index contributed by atoms with van der Waals surface area (Å²) >= 11 is 0. The number of benzene rings is 1. The molecule has 0 atom stereocenters. The summed E-state index contributed by atoms with van der Waals surface area (Å²) in [6.07, 6.45) is 0. The van der Waals surface area contributed by atoms with E-state index in [1.54, 1.807) is 38.5 Å². The molecular weight excluding hydrogens is 182 g/mol. The highest BCUT2D eigenvalue weighted by molar-refractivity contribution is 6.21. The molecule has 74 valence electrons. The molecule has 0 fully saturated rings. The van der Waals surface area contributed by atoms with Gasteiger partial charge >= 0.3 is 0 Å². The maximum atomic E-state index is 10.9. The quantitative estimate of drug-likeness (QED) is 0.621. The van der Waals surface area contributed by atoms with E-state index >= 15 is 0 Å². The van der Waals surface area contributed by atoms with Gasteiger partial charge in [0.25, 0.3) is 11.8 Å². The zero-order valence-corrected chi connectivity index (χ0v) is 8.03. The first-order valence-corrected chi connectivity index (χ1v) is 4.05. The molecule has 2 rings (SSSR count). The van der Waals surface area contributed by atoms with Crippen LogP contribution in [0.15, 0.2) is 24.3 Å². The van der Waals surface area contributed by atoms with Crippen LogP contribution in [-0.4, -0.2) is 26.0 Å². The molecule has 0 bridgehead atoms. The van der Waals surface area contributed by atoms with E-state index in [-0.39, 0.29) is 11.8 Å². The number of rotatable bonds is 0. The van der Waals surface area contributed by atoms with Crippen LogP contribution in [-0.2, 0) is 4.74 Å². The lowest BCUT2D eigenvalue weighted by Gasteiger charge is -1.88. The molecule has 1 aromatic carbocycles. The fraction of sp³-hybridized carbons (Fsp3) is 0.200. The van der Waals surface area contributed by atoms with Gasteiger partial charge in [-0.25, -0.2) is 0 Å². The van der Waals surface area contributed by atoms with Crippen molar-refractivity contribution in [1.82, 2.24) is 5.32 Å². The molecule has 1 aliphatic rings. The lowest BCUT2D eigenvalue weighted by Crippen LogP contribution is -2.19. The molecule has 0 saturated heterocycles. The van der Waals surface area contributed by atoms with Gasteiger partial charge in [0.15, 0.2) is 0 Å². The second-order valence-electron chi connectivity index (χ2n) is 2.74. The summed E-state index contributed by atoms with van der Waals surface area (Å²) in [6, 6.07) is 6.74. The number of imide groups is 1. The number of amides is 2. The Kier molecular flexibility index (Phi) is 3.36. The van der Waals surface area contributed by atoms with Gasteiger partial charge in [0, 0.05) is 14.2 Å². The van der Waals surface area contributed by atoms with Crippen LogP contribution < -0.4 is 5.32 Å². The molecule has 1 heterocycles. The molecule has 0 spiro atoms. The van der Waals surface area contributed by atoms with Gasteiger partial charge in [-0.1, -0.05) is 12.1 Å². The summed E-state index contributed by atoms with van der Waals surface area (Å²) in [4.78, 5) is 21.9. The van der Waals surface area contributed by atoms with E-state index in [2.05, 4.69) is 10.1 Å². The molecule has 4 nitrogen and oxygen atoms in total. The molecule has 14 heavy (non-hydrogen) atoms. The van der Waals surface area contributed by atoms with Crippen LogP contribution in [0.3, 0.4) is 0 Å². The van der Waals surface area contributed by atoms with Crippen molar-refractivity contribution in [1.29, 1.82) is 0 Å². The Labute approximate surface area is 81.9 Å². The SMILES string of the molecule is COC.O=C1NC(=O)c2ccccc21. The number of carbonyl (C=O) groups excluding carboxylic acids is 2. The average Bonchev–Trinajstić information content (AvgIpc) is 2.45. The van der Waals surface area contributed by atoms with E-state index in [4.69, 9.17) is 0 Å². The van der Waals surface area contributed by atoms with Crippen LogP contribution in [0.4, 0.5) is 0 Å². The molecule has 0 aliphatic carbocycles. The summed E-state index contributed by atoms with van der Waals surface area (Å²) in [5, 5.41) is 2.20. The van der Waals surface area contributed by atoms with Gasteiger partial charge in [-0.05, 0) is 12.1 Å². The van der Waals surface area contributed by atoms with Crippen molar-refractivity contribution in [3.05, 3.63) is 35.4 Å². The van der Waals surface area contributed by atoms with Crippen molar-refractivity contribution >= 4 is 11.8 Å². The largest absolute Gasteiger partial charge is 0.388 e. The van der Waals surface area contributed by atoms with Crippen molar-refractivity contribution in [2.75, 3.05) is 14.2 Å². The lowest BCUT2D eigenvalue weighted by atomic mass is 10.1. The maximum absolute atomic E-state index is 10.9. The zero-order chi connectivity index (χ0) is 10.6. The standard InChI is InChI=1S/C8H5NO2.C2H6O/c10-7-5-3-1-2-4-6(5)8(11)9-7;1-3-2/h1-4H,(H,9,10,11);1-2H3. The number of nitrogens with one attached hydrogen (secondary N) is 1. The molecular formula is C10H11NO3. The third-order valence-corrected chi connectivity index (χ3v) is 1.64. The van der Waals surface area contributed by atoms with Crippen molar-refractivity contribution in [3.8, 4) is 0 Å². The first-order chi connectivity index (χ1) is 6.70. The van der Waals surface area contributed by atoms with Crippen LogP contribution in [0.2, 0.25) is 0 Å². The third-order valence-electron chi connectivity index (χ3n) is 1.64. The fourth-order valence-electron chi connectivity index (χ4n) is 1.12. The van der Waals surface area contributed by atoms with Gasteiger partial charge in [-0.15, -0.1) is 0 Å². The van der Waals surface area contributed by atoms with E-state index in [9.17, 15) is 9.59 Å². The molecule has 0 aromatic heterocycles. The maximum Gasteiger partial charge on any atom is 0.258 e. The van der Waals surface area contributed by atoms with Crippen molar-refractivity contribution < 1.29 is 14.3 Å². The molecule has 0 saturated carbocycles. The van der Waals surface area contributed by atoms with Crippen LogP contribution in [0, 0.1) is 0 Å². The number of fused-ring (bicyclic) bond motifs is 1.